The lowest BCUT2D eigenvalue weighted by Gasteiger charge is -2.09. The van der Waals surface area contributed by atoms with Crippen LogP contribution in [0.15, 0.2) is 12.4 Å². The molecule has 0 N–H and O–H groups in total. The number of aryl methyl sites for hydroxylation is 1. The summed E-state index contributed by atoms with van der Waals surface area (Å²) >= 11 is 0. The van der Waals surface area contributed by atoms with Crippen LogP contribution in [0, 0.1) is 6.92 Å². The van der Waals surface area contributed by atoms with E-state index in [1.165, 1.54) is 0 Å². The second-order valence-corrected chi connectivity index (χ2v) is 3.92. The van der Waals surface area contributed by atoms with Gasteiger partial charge in [-0.2, -0.15) is 0 Å². The summed E-state index contributed by atoms with van der Waals surface area (Å²) in [6.45, 7) is 6.14. The highest BCUT2D eigenvalue weighted by atomic mass is 16.1. The molecule has 0 fully saturated rings. The molecular weight excluding hydrogens is 190 g/mol. The highest BCUT2D eigenvalue weighted by Crippen LogP contribution is 2.18. The van der Waals surface area contributed by atoms with Crippen molar-refractivity contribution >= 4 is 11.9 Å². The molecule has 0 aliphatic heterocycles. The zero-order chi connectivity index (χ0) is 11.0. The lowest BCUT2D eigenvalue weighted by atomic mass is 10.1. The highest BCUT2D eigenvalue weighted by Gasteiger charge is 2.11. The van der Waals surface area contributed by atoms with Crippen LogP contribution >= 0.6 is 0 Å². The van der Waals surface area contributed by atoms with Crippen molar-refractivity contribution in [3.63, 3.8) is 0 Å². The SMILES string of the molecule is Cc1cc(C(C)C)n2cnc(C=O)c2n1. The van der Waals surface area contributed by atoms with Crippen molar-refractivity contribution in [3.05, 3.63) is 29.5 Å². The second-order valence-electron chi connectivity index (χ2n) is 3.92. The van der Waals surface area contributed by atoms with E-state index < -0.39 is 0 Å². The monoisotopic (exact) mass is 203 g/mol. The molecule has 0 saturated heterocycles. The van der Waals surface area contributed by atoms with Crippen molar-refractivity contribution in [2.75, 3.05) is 0 Å². The zero-order valence-electron chi connectivity index (χ0n) is 9.06. The molecule has 0 atom stereocenters. The maximum atomic E-state index is 10.8. The number of imidazole rings is 1. The molecule has 0 aromatic carbocycles. The normalized spacial score (nSPS) is 11.2. The molecular formula is C11H13N3O. The largest absolute Gasteiger partial charge is 0.296 e. The smallest absolute Gasteiger partial charge is 0.172 e. The Bertz CT molecular complexity index is 514. The van der Waals surface area contributed by atoms with E-state index in [2.05, 4.69) is 23.8 Å². The molecule has 0 bridgehead atoms. The van der Waals surface area contributed by atoms with Gasteiger partial charge >= 0.3 is 0 Å². The van der Waals surface area contributed by atoms with Crippen LogP contribution in [0.5, 0.6) is 0 Å². The first kappa shape index (κ1) is 9.83. The predicted molar refractivity (Wildman–Crippen MR) is 57.2 cm³/mol. The molecule has 2 aromatic rings. The summed E-state index contributed by atoms with van der Waals surface area (Å²) in [5.41, 5.74) is 3.09. The van der Waals surface area contributed by atoms with E-state index in [9.17, 15) is 4.79 Å². The van der Waals surface area contributed by atoms with Gasteiger partial charge in [0.1, 0.15) is 12.0 Å². The summed E-state index contributed by atoms with van der Waals surface area (Å²) in [4.78, 5) is 19.1. The third-order valence-electron chi connectivity index (χ3n) is 2.39. The fourth-order valence-electron chi connectivity index (χ4n) is 1.67. The lowest BCUT2D eigenvalue weighted by molar-refractivity contribution is 0.112. The number of hydrogen-bond donors (Lipinski definition) is 0. The standard InChI is InChI=1S/C11H13N3O/c1-7(2)10-4-8(3)13-11-9(5-15)12-6-14(10)11/h4-7H,1-3H3. The highest BCUT2D eigenvalue weighted by molar-refractivity contribution is 5.81. The van der Waals surface area contributed by atoms with Gasteiger partial charge in [0.25, 0.3) is 0 Å². The van der Waals surface area contributed by atoms with E-state index in [0.29, 0.717) is 17.3 Å². The van der Waals surface area contributed by atoms with E-state index in [4.69, 9.17) is 0 Å². The van der Waals surface area contributed by atoms with Crippen LogP contribution in [0.1, 0.15) is 41.6 Å². The van der Waals surface area contributed by atoms with Crippen LogP contribution < -0.4 is 0 Å². The number of aromatic nitrogens is 3. The van der Waals surface area contributed by atoms with Crippen LogP contribution in [-0.2, 0) is 0 Å². The van der Waals surface area contributed by atoms with Crippen LogP contribution in [0.4, 0.5) is 0 Å². The van der Waals surface area contributed by atoms with Gasteiger partial charge in [-0.1, -0.05) is 13.8 Å². The molecule has 0 unspecified atom stereocenters. The van der Waals surface area contributed by atoms with Crippen LogP contribution in [0.2, 0.25) is 0 Å². The summed E-state index contributed by atoms with van der Waals surface area (Å²) in [5.74, 6) is 0.378. The van der Waals surface area contributed by atoms with Gasteiger partial charge in [0.05, 0.1) is 0 Å². The molecule has 78 valence electrons. The van der Waals surface area contributed by atoms with Crippen molar-refractivity contribution in [1.82, 2.24) is 14.4 Å². The first-order chi connectivity index (χ1) is 7.13. The average Bonchev–Trinajstić information content (AvgIpc) is 2.58. The van der Waals surface area contributed by atoms with Crippen LogP contribution in [0.25, 0.3) is 5.65 Å². The summed E-state index contributed by atoms with van der Waals surface area (Å²) in [7, 11) is 0. The van der Waals surface area contributed by atoms with E-state index in [-0.39, 0.29) is 0 Å². The first-order valence-corrected chi connectivity index (χ1v) is 4.93. The van der Waals surface area contributed by atoms with Gasteiger partial charge in [-0.15, -0.1) is 0 Å². The summed E-state index contributed by atoms with van der Waals surface area (Å²) in [6, 6.07) is 2.02. The number of rotatable bonds is 2. The van der Waals surface area contributed by atoms with Crippen LogP contribution in [0.3, 0.4) is 0 Å². The van der Waals surface area contributed by atoms with Crippen LogP contribution in [-0.4, -0.2) is 20.7 Å². The minimum atomic E-state index is 0.378. The fourth-order valence-corrected chi connectivity index (χ4v) is 1.67. The molecule has 0 saturated carbocycles. The molecule has 0 spiro atoms. The number of carbonyl (C=O) groups is 1. The fraction of sp³-hybridized carbons (Fsp3) is 0.364. The summed E-state index contributed by atoms with van der Waals surface area (Å²) in [6.07, 6.45) is 2.40. The molecule has 0 aliphatic carbocycles. The molecule has 0 radical (unpaired) electrons. The maximum Gasteiger partial charge on any atom is 0.172 e. The molecule has 0 amide bonds. The van der Waals surface area contributed by atoms with E-state index in [1.54, 1.807) is 6.33 Å². The maximum absolute atomic E-state index is 10.8. The molecule has 4 nitrogen and oxygen atoms in total. The van der Waals surface area contributed by atoms with Crippen molar-refractivity contribution in [1.29, 1.82) is 0 Å². The Kier molecular flexibility index (Phi) is 2.26. The Labute approximate surface area is 88.0 Å². The Balaban J connectivity index is 2.82. The Morgan fingerprint density at radius 2 is 2.20 bits per heavy atom. The van der Waals surface area contributed by atoms with Gasteiger partial charge in [0.2, 0.25) is 0 Å². The number of carbonyl (C=O) groups excluding carboxylic acids is 1. The van der Waals surface area contributed by atoms with Gasteiger partial charge in [-0.25, -0.2) is 9.97 Å². The number of nitrogens with zero attached hydrogens (tertiary/aromatic N) is 3. The van der Waals surface area contributed by atoms with Gasteiger partial charge in [0.15, 0.2) is 11.9 Å². The molecule has 2 aromatic heterocycles. The van der Waals surface area contributed by atoms with E-state index in [1.807, 2.05) is 17.4 Å². The van der Waals surface area contributed by atoms with Crippen molar-refractivity contribution < 1.29 is 4.79 Å². The topological polar surface area (TPSA) is 47.3 Å². The minimum Gasteiger partial charge on any atom is -0.296 e. The molecule has 4 heteroatoms. The number of aldehydes is 1. The Hall–Kier alpha value is -1.71. The van der Waals surface area contributed by atoms with Gasteiger partial charge in [0, 0.05) is 11.4 Å². The molecule has 2 heterocycles. The predicted octanol–water partition coefficient (Wildman–Crippen LogP) is 1.97. The number of fused-ring (bicyclic) bond motifs is 1. The lowest BCUT2D eigenvalue weighted by Crippen LogP contribution is -2.01. The Morgan fingerprint density at radius 1 is 1.47 bits per heavy atom. The third kappa shape index (κ3) is 1.52. The summed E-state index contributed by atoms with van der Waals surface area (Å²) < 4.78 is 1.88. The van der Waals surface area contributed by atoms with Crippen molar-refractivity contribution in [2.45, 2.75) is 26.7 Å². The van der Waals surface area contributed by atoms with Gasteiger partial charge in [-0.05, 0) is 18.9 Å². The number of hydrogen-bond acceptors (Lipinski definition) is 3. The third-order valence-corrected chi connectivity index (χ3v) is 2.39. The van der Waals surface area contributed by atoms with E-state index >= 15 is 0 Å². The van der Waals surface area contributed by atoms with E-state index in [0.717, 1.165) is 17.7 Å². The van der Waals surface area contributed by atoms with Gasteiger partial charge in [-0.3, -0.25) is 9.20 Å². The quantitative estimate of drug-likeness (QED) is 0.701. The molecule has 0 aliphatic rings. The average molecular weight is 203 g/mol. The second kappa shape index (κ2) is 3.46. The Morgan fingerprint density at radius 3 is 2.80 bits per heavy atom. The molecule has 2 rings (SSSR count). The summed E-state index contributed by atoms with van der Waals surface area (Å²) in [5, 5.41) is 0. The minimum absolute atomic E-state index is 0.378. The van der Waals surface area contributed by atoms with Gasteiger partial charge < -0.3 is 0 Å². The van der Waals surface area contributed by atoms with Crippen molar-refractivity contribution in [3.8, 4) is 0 Å². The van der Waals surface area contributed by atoms with Crippen molar-refractivity contribution in [2.24, 2.45) is 0 Å². The first-order valence-electron chi connectivity index (χ1n) is 4.93. The molecule has 15 heavy (non-hydrogen) atoms. The zero-order valence-corrected chi connectivity index (χ0v) is 9.06.